The van der Waals surface area contributed by atoms with E-state index in [-0.39, 0.29) is 11.8 Å². The molecule has 0 bridgehead atoms. The van der Waals surface area contributed by atoms with E-state index in [4.69, 9.17) is 16.6 Å². The van der Waals surface area contributed by atoms with Crippen LogP contribution < -0.4 is 10.6 Å². The van der Waals surface area contributed by atoms with Gasteiger partial charge in [0.1, 0.15) is 15.8 Å². The largest absolute Gasteiger partial charge is 0.457 e. The maximum Gasteiger partial charge on any atom is 0.263 e. The van der Waals surface area contributed by atoms with Crippen molar-refractivity contribution < 1.29 is 14.0 Å². The summed E-state index contributed by atoms with van der Waals surface area (Å²) in [4.78, 5) is 27.2. The van der Waals surface area contributed by atoms with Gasteiger partial charge >= 0.3 is 0 Å². The molecule has 8 heteroatoms. The second-order valence-electron chi connectivity index (χ2n) is 7.27. The van der Waals surface area contributed by atoms with Gasteiger partial charge in [0.05, 0.1) is 4.91 Å². The fourth-order valence-electron chi connectivity index (χ4n) is 3.78. The first-order valence-electron chi connectivity index (χ1n) is 10.0. The van der Waals surface area contributed by atoms with Crippen LogP contribution in [0.3, 0.4) is 0 Å². The molecule has 30 heavy (non-hydrogen) atoms. The predicted molar refractivity (Wildman–Crippen MR) is 123 cm³/mol. The van der Waals surface area contributed by atoms with Crippen molar-refractivity contribution in [1.82, 2.24) is 15.5 Å². The Morgan fingerprint density at radius 1 is 1.33 bits per heavy atom. The Morgan fingerprint density at radius 3 is 2.83 bits per heavy atom. The molecule has 0 aliphatic carbocycles. The van der Waals surface area contributed by atoms with Gasteiger partial charge in [0, 0.05) is 29.8 Å². The summed E-state index contributed by atoms with van der Waals surface area (Å²) in [6.45, 7) is 4.97. The second kappa shape index (κ2) is 9.16. The van der Waals surface area contributed by atoms with Gasteiger partial charge in [-0.25, -0.2) is 0 Å². The van der Waals surface area contributed by atoms with Crippen LogP contribution in [0.5, 0.6) is 0 Å². The van der Waals surface area contributed by atoms with Gasteiger partial charge in [0.25, 0.3) is 11.8 Å². The summed E-state index contributed by atoms with van der Waals surface area (Å²) in [7, 11) is 0. The van der Waals surface area contributed by atoms with Crippen LogP contribution in [0, 0.1) is 0 Å². The number of likely N-dealkylation sites (tertiary alicyclic amines) is 1. The predicted octanol–water partition coefficient (Wildman–Crippen LogP) is 3.65. The SMILES string of the molecule is CCN1CCCC1CNC(=O)c1ccc(-c2ccc(/C=C3/SC(=S)NC3=O)o2)cc1. The van der Waals surface area contributed by atoms with Crippen molar-refractivity contribution in [2.45, 2.75) is 25.8 Å². The summed E-state index contributed by atoms with van der Waals surface area (Å²) in [5, 5.41) is 5.64. The zero-order valence-corrected chi connectivity index (χ0v) is 18.3. The van der Waals surface area contributed by atoms with Crippen molar-refractivity contribution in [1.29, 1.82) is 0 Å². The average molecular weight is 442 g/mol. The molecule has 1 aromatic heterocycles. The highest BCUT2D eigenvalue weighted by Gasteiger charge is 2.24. The lowest BCUT2D eigenvalue weighted by atomic mass is 10.1. The van der Waals surface area contributed by atoms with Crippen LogP contribution >= 0.6 is 24.0 Å². The molecule has 1 atom stereocenters. The van der Waals surface area contributed by atoms with Gasteiger partial charge in [0.2, 0.25) is 0 Å². The molecule has 2 fully saturated rings. The Bertz CT molecular complexity index is 997. The highest BCUT2D eigenvalue weighted by Crippen LogP contribution is 2.29. The molecule has 2 aromatic rings. The monoisotopic (exact) mass is 441 g/mol. The first kappa shape index (κ1) is 20.8. The zero-order chi connectivity index (χ0) is 21.1. The number of thioether (sulfide) groups is 1. The smallest absolute Gasteiger partial charge is 0.263 e. The zero-order valence-electron chi connectivity index (χ0n) is 16.6. The average Bonchev–Trinajstić information content (AvgIpc) is 3.47. The molecule has 1 unspecified atom stereocenters. The molecule has 0 radical (unpaired) electrons. The van der Waals surface area contributed by atoms with Crippen LogP contribution in [0.15, 0.2) is 45.7 Å². The quantitative estimate of drug-likeness (QED) is 0.527. The number of hydrogen-bond donors (Lipinski definition) is 2. The fraction of sp³-hybridized carbons (Fsp3) is 0.318. The van der Waals surface area contributed by atoms with Crippen molar-refractivity contribution in [3.63, 3.8) is 0 Å². The highest BCUT2D eigenvalue weighted by atomic mass is 32.2. The molecule has 4 rings (SSSR count). The Morgan fingerprint density at radius 2 is 2.13 bits per heavy atom. The van der Waals surface area contributed by atoms with Gasteiger partial charge in [-0.05, 0) is 50.2 Å². The van der Waals surface area contributed by atoms with E-state index in [9.17, 15) is 9.59 Å². The molecule has 156 valence electrons. The summed E-state index contributed by atoms with van der Waals surface area (Å²) >= 11 is 6.21. The number of nitrogens with zero attached hydrogens (tertiary/aromatic N) is 1. The van der Waals surface area contributed by atoms with Gasteiger partial charge in [-0.3, -0.25) is 14.5 Å². The van der Waals surface area contributed by atoms with Crippen molar-refractivity contribution in [2.75, 3.05) is 19.6 Å². The number of carbonyl (C=O) groups is 2. The molecule has 2 N–H and O–H groups in total. The van der Waals surface area contributed by atoms with Gasteiger partial charge in [-0.2, -0.15) is 0 Å². The molecular weight excluding hydrogens is 418 g/mol. The Labute approximate surface area is 185 Å². The van der Waals surface area contributed by atoms with Crippen molar-refractivity contribution in [3.8, 4) is 11.3 Å². The number of benzene rings is 1. The van der Waals surface area contributed by atoms with Gasteiger partial charge in [-0.15, -0.1) is 0 Å². The maximum atomic E-state index is 12.5. The molecular formula is C22H23N3O3S2. The topological polar surface area (TPSA) is 74.6 Å². The van der Waals surface area contributed by atoms with E-state index in [0.717, 1.165) is 25.1 Å². The van der Waals surface area contributed by atoms with E-state index in [1.165, 1.54) is 18.2 Å². The first-order chi connectivity index (χ1) is 14.5. The Kier molecular flexibility index (Phi) is 6.36. The van der Waals surface area contributed by atoms with E-state index in [1.807, 2.05) is 18.2 Å². The molecule has 2 amide bonds. The molecule has 2 aliphatic rings. The number of nitrogens with one attached hydrogen (secondary N) is 2. The van der Waals surface area contributed by atoms with E-state index in [0.29, 0.717) is 38.9 Å². The highest BCUT2D eigenvalue weighted by molar-refractivity contribution is 8.26. The third-order valence-electron chi connectivity index (χ3n) is 5.38. The van der Waals surface area contributed by atoms with E-state index in [1.54, 1.807) is 24.3 Å². The minimum absolute atomic E-state index is 0.0605. The third-order valence-corrected chi connectivity index (χ3v) is 6.54. The Hall–Kier alpha value is -2.42. The van der Waals surface area contributed by atoms with E-state index < -0.39 is 0 Å². The number of hydrogen-bond acceptors (Lipinski definition) is 6. The standard InChI is InChI=1S/C22H23N3O3S2/c1-2-25-11-3-4-16(25)13-23-20(26)15-7-5-14(6-8-15)18-10-9-17(28-18)12-19-21(27)24-22(29)30-19/h5-10,12,16H,2-4,11,13H2,1H3,(H,23,26)(H,24,27,29)/b19-12+. The van der Waals surface area contributed by atoms with E-state index >= 15 is 0 Å². The summed E-state index contributed by atoms with van der Waals surface area (Å²) in [5.74, 6) is 0.975. The van der Waals surface area contributed by atoms with Crippen LogP contribution in [0.1, 0.15) is 35.9 Å². The van der Waals surface area contributed by atoms with Crippen molar-refractivity contribution in [2.24, 2.45) is 0 Å². The van der Waals surface area contributed by atoms with Crippen LogP contribution in [0.2, 0.25) is 0 Å². The lowest BCUT2D eigenvalue weighted by Crippen LogP contribution is -2.40. The van der Waals surface area contributed by atoms with Gasteiger partial charge in [-0.1, -0.05) is 43.0 Å². The number of amides is 2. The van der Waals surface area contributed by atoms with Gasteiger partial charge in [0.15, 0.2) is 0 Å². The lowest BCUT2D eigenvalue weighted by molar-refractivity contribution is -0.115. The van der Waals surface area contributed by atoms with E-state index in [2.05, 4.69) is 22.5 Å². The first-order valence-corrected chi connectivity index (χ1v) is 11.2. The molecule has 1 aromatic carbocycles. The number of thiocarbonyl (C=S) groups is 1. The molecule has 2 saturated heterocycles. The van der Waals surface area contributed by atoms with Crippen LogP contribution in [0.25, 0.3) is 17.4 Å². The maximum absolute atomic E-state index is 12.5. The molecule has 2 aliphatic heterocycles. The van der Waals surface area contributed by atoms with Crippen LogP contribution in [0.4, 0.5) is 0 Å². The number of likely N-dealkylation sites (N-methyl/N-ethyl adjacent to an activating group) is 1. The molecule has 6 nitrogen and oxygen atoms in total. The Balaban J connectivity index is 1.38. The van der Waals surface area contributed by atoms with Crippen LogP contribution in [-0.4, -0.2) is 46.7 Å². The van der Waals surface area contributed by atoms with Crippen LogP contribution in [-0.2, 0) is 4.79 Å². The fourth-order valence-corrected chi connectivity index (χ4v) is 4.80. The third kappa shape index (κ3) is 4.66. The number of furan rings is 1. The summed E-state index contributed by atoms with van der Waals surface area (Å²) in [6, 6.07) is 11.4. The molecule has 3 heterocycles. The number of rotatable bonds is 6. The van der Waals surface area contributed by atoms with Crippen molar-refractivity contribution in [3.05, 3.63) is 52.6 Å². The minimum Gasteiger partial charge on any atom is -0.457 e. The number of carbonyl (C=O) groups excluding carboxylic acids is 2. The minimum atomic E-state index is -0.210. The molecule has 0 saturated carbocycles. The van der Waals surface area contributed by atoms with Crippen molar-refractivity contribution >= 4 is 46.2 Å². The summed E-state index contributed by atoms with van der Waals surface area (Å²) < 4.78 is 6.28. The normalized spacial score (nSPS) is 20.7. The second-order valence-corrected chi connectivity index (χ2v) is 8.99. The van der Waals surface area contributed by atoms with Gasteiger partial charge < -0.3 is 15.1 Å². The summed E-state index contributed by atoms with van der Waals surface area (Å²) in [6.07, 6.45) is 4.00. The summed E-state index contributed by atoms with van der Waals surface area (Å²) in [5.41, 5.74) is 1.49. The molecule has 0 spiro atoms. The lowest BCUT2D eigenvalue weighted by Gasteiger charge is -2.22.